The van der Waals surface area contributed by atoms with Crippen LogP contribution in [0.1, 0.15) is 13.3 Å². The molecule has 1 N–H and O–H groups in total. The van der Waals surface area contributed by atoms with E-state index in [1.165, 1.54) is 30.0 Å². The quantitative estimate of drug-likeness (QED) is 0.500. The van der Waals surface area contributed by atoms with E-state index in [2.05, 4.69) is 0 Å². The van der Waals surface area contributed by atoms with Crippen molar-refractivity contribution in [2.45, 2.75) is 27.0 Å². The Morgan fingerprint density at radius 2 is 1.64 bits per heavy atom. The van der Waals surface area contributed by atoms with Crippen LogP contribution in [0.2, 0.25) is 0 Å². The Bertz CT molecular complexity index is 558. The minimum Gasteiger partial charge on any atom is -0.396 e. The highest BCUT2D eigenvalue weighted by Gasteiger charge is 2.44. The summed E-state index contributed by atoms with van der Waals surface area (Å²) in [5, 5.41) is 9.42. The van der Waals surface area contributed by atoms with E-state index in [0.717, 1.165) is 0 Å². The topological polar surface area (TPSA) is 60.9 Å². The van der Waals surface area contributed by atoms with Gasteiger partial charge in [-0.05, 0) is 12.5 Å². The zero-order valence-corrected chi connectivity index (χ0v) is 18.2. The Morgan fingerprint density at radius 1 is 1.12 bits per heavy atom. The molecular formula is C14H18Cl6N2O3. The molecule has 1 fully saturated rings. The van der Waals surface area contributed by atoms with Gasteiger partial charge in [0.25, 0.3) is 5.91 Å². The number of hydrogen-bond donors (Lipinski definition) is 1. The van der Waals surface area contributed by atoms with Crippen molar-refractivity contribution in [2.24, 2.45) is 11.8 Å². The van der Waals surface area contributed by atoms with E-state index >= 15 is 0 Å². The maximum Gasteiger partial charge on any atom is 0.270 e. The van der Waals surface area contributed by atoms with Crippen molar-refractivity contribution in [3.05, 3.63) is 11.8 Å². The van der Waals surface area contributed by atoms with E-state index in [9.17, 15) is 14.7 Å². The molecule has 2 amide bonds. The summed E-state index contributed by atoms with van der Waals surface area (Å²) in [6, 6.07) is -0.884. The maximum absolute atomic E-state index is 12.7. The highest BCUT2D eigenvalue weighted by atomic mass is 35.6. The van der Waals surface area contributed by atoms with Gasteiger partial charge >= 0.3 is 0 Å². The number of carbonyl (C=O) groups is 2. The van der Waals surface area contributed by atoms with Gasteiger partial charge in [0.2, 0.25) is 5.91 Å². The summed E-state index contributed by atoms with van der Waals surface area (Å²) in [6.45, 7) is 1.17. The zero-order valence-electron chi connectivity index (χ0n) is 13.6. The van der Waals surface area contributed by atoms with E-state index in [-0.39, 0.29) is 12.1 Å². The number of nitrogens with zero attached hydrogens (tertiary/aromatic N) is 2. The van der Waals surface area contributed by atoms with Crippen molar-refractivity contribution < 1.29 is 14.7 Å². The summed E-state index contributed by atoms with van der Waals surface area (Å²) in [6.07, 6.45) is 1.42. The van der Waals surface area contributed by atoms with Crippen LogP contribution in [0.25, 0.3) is 0 Å². The van der Waals surface area contributed by atoms with Gasteiger partial charge in [-0.15, -0.1) is 0 Å². The highest BCUT2D eigenvalue weighted by molar-refractivity contribution is 6.68. The lowest BCUT2D eigenvalue weighted by atomic mass is 9.96. The van der Waals surface area contributed by atoms with Gasteiger partial charge in [0.05, 0.1) is 6.61 Å². The molecule has 1 saturated heterocycles. The normalized spacial score (nSPS) is 24.1. The van der Waals surface area contributed by atoms with Gasteiger partial charge in [-0.2, -0.15) is 0 Å². The van der Waals surface area contributed by atoms with Crippen LogP contribution in [0, 0.1) is 11.8 Å². The van der Waals surface area contributed by atoms with Gasteiger partial charge in [0.1, 0.15) is 11.7 Å². The van der Waals surface area contributed by atoms with Crippen LogP contribution < -0.4 is 0 Å². The number of halogens is 6. The Labute approximate surface area is 176 Å². The Balaban J connectivity index is 3.12. The van der Waals surface area contributed by atoms with Crippen molar-refractivity contribution in [2.75, 3.05) is 20.7 Å². The third kappa shape index (κ3) is 5.68. The standard InChI is InChI=1S/C14H18Cl6N2O3/c1-7(13(15,16)17)4-9-11(24)22(3)10(12(25)21(9)2)5-8(6-23)14(18,19)20/h4,7-8,10,23H,5-6H2,1-3H3/b9-4+. The Kier molecular flexibility index (Phi) is 8.05. The molecule has 144 valence electrons. The summed E-state index contributed by atoms with van der Waals surface area (Å²) in [4.78, 5) is 27.8. The molecule has 0 aromatic carbocycles. The first-order valence-corrected chi connectivity index (χ1v) is 9.49. The molecule has 0 saturated carbocycles. The van der Waals surface area contributed by atoms with Crippen molar-refractivity contribution in [1.29, 1.82) is 0 Å². The lowest BCUT2D eigenvalue weighted by molar-refractivity contribution is -0.149. The predicted octanol–water partition coefficient (Wildman–Crippen LogP) is 3.54. The summed E-state index contributed by atoms with van der Waals surface area (Å²) < 4.78 is -3.39. The number of hydrogen-bond acceptors (Lipinski definition) is 3. The van der Waals surface area contributed by atoms with Gasteiger partial charge in [0, 0.05) is 25.9 Å². The molecule has 0 aromatic heterocycles. The number of aliphatic hydroxyl groups is 1. The van der Waals surface area contributed by atoms with E-state index in [1.807, 2.05) is 0 Å². The molecule has 11 heteroatoms. The number of likely N-dealkylation sites (N-methyl/N-ethyl adjacent to an activating group) is 2. The number of amides is 2. The summed E-state index contributed by atoms with van der Waals surface area (Å²) in [5.74, 6) is -2.25. The second kappa shape index (κ2) is 8.59. The van der Waals surface area contributed by atoms with Crippen LogP contribution in [0.15, 0.2) is 11.8 Å². The summed E-state index contributed by atoms with van der Waals surface area (Å²) in [5.41, 5.74) is 0.0945. The van der Waals surface area contributed by atoms with Gasteiger partial charge in [-0.25, -0.2) is 0 Å². The molecule has 0 spiro atoms. The molecule has 0 aliphatic carbocycles. The van der Waals surface area contributed by atoms with E-state index in [4.69, 9.17) is 69.6 Å². The first kappa shape index (κ1) is 23.4. The van der Waals surface area contributed by atoms with Crippen LogP contribution >= 0.6 is 69.6 Å². The van der Waals surface area contributed by atoms with Crippen LogP contribution in [0.3, 0.4) is 0 Å². The highest BCUT2D eigenvalue weighted by Crippen LogP contribution is 2.40. The van der Waals surface area contributed by atoms with Crippen LogP contribution in [0.4, 0.5) is 0 Å². The first-order valence-electron chi connectivity index (χ1n) is 7.22. The zero-order chi connectivity index (χ0) is 19.7. The monoisotopic (exact) mass is 472 g/mol. The smallest absolute Gasteiger partial charge is 0.270 e. The van der Waals surface area contributed by atoms with Gasteiger partial charge < -0.3 is 14.9 Å². The summed E-state index contributed by atoms with van der Waals surface area (Å²) >= 11 is 34.9. The molecule has 5 nitrogen and oxygen atoms in total. The van der Waals surface area contributed by atoms with E-state index in [0.29, 0.717) is 0 Å². The van der Waals surface area contributed by atoms with Gasteiger partial charge in [0.15, 0.2) is 7.59 Å². The van der Waals surface area contributed by atoms with Crippen molar-refractivity contribution in [1.82, 2.24) is 9.80 Å². The molecule has 25 heavy (non-hydrogen) atoms. The third-order valence-electron chi connectivity index (χ3n) is 4.10. The third-order valence-corrected chi connectivity index (χ3v) is 6.06. The minimum absolute atomic E-state index is 0.00823. The Morgan fingerprint density at radius 3 is 2.04 bits per heavy atom. The average molecular weight is 475 g/mol. The number of piperazine rings is 1. The number of allylic oxidation sites excluding steroid dienone is 1. The molecule has 0 bridgehead atoms. The predicted molar refractivity (Wildman–Crippen MR) is 102 cm³/mol. The van der Waals surface area contributed by atoms with Crippen molar-refractivity contribution in [3.8, 4) is 0 Å². The summed E-state index contributed by atoms with van der Waals surface area (Å²) in [7, 11) is 2.90. The van der Waals surface area contributed by atoms with Crippen LogP contribution in [0.5, 0.6) is 0 Å². The first-order chi connectivity index (χ1) is 11.2. The Hall–Kier alpha value is 0.380. The van der Waals surface area contributed by atoms with Crippen LogP contribution in [-0.4, -0.2) is 61.0 Å². The van der Waals surface area contributed by atoms with E-state index < -0.39 is 43.9 Å². The number of aliphatic hydroxyl groups excluding tert-OH is 1. The average Bonchev–Trinajstić information content (AvgIpc) is 2.47. The molecule has 1 aliphatic rings. The second-order valence-corrected chi connectivity index (χ2v) is 10.6. The largest absolute Gasteiger partial charge is 0.396 e. The van der Waals surface area contributed by atoms with Crippen molar-refractivity contribution in [3.63, 3.8) is 0 Å². The number of rotatable bonds is 4. The van der Waals surface area contributed by atoms with Gasteiger partial charge in [-0.1, -0.05) is 76.5 Å². The molecule has 1 rings (SSSR count). The lowest BCUT2D eigenvalue weighted by Gasteiger charge is -2.40. The fraction of sp³-hybridized carbons (Fsp3) is 0.714. The molecule has 0 aromatic rings. The minimum atomic E-state index is -1.77. The molecular weight excluding hydrogens is 457 g/mol. The molecule has 3 atom stereocenters. The van der Waals surface area contributed by atoms with Crippen LogP contribution in [-0.2, 0) is 9.59 Å². The fourth-order valence-corrected chi connectivity index (χ4v) is 2.99. The van der Waals surface area contributed by atoms with E-state index in [1.54, 1.807) is 6.92 Å². The second-order valence-electron chi connectivity index (χ2n) is 5.87. The number of carbonyl (C=O) groups excluding carboxylic acids is 2. The lowest BCUT2D eigenvalue weighted by Crippen LogP contribution is -2.57. The van der Waals surface area contributed by atoms with Gasteiger partial charge in [-0.3, -0.25) is 9.59 Å². The van der Waals surface area contributed by atoms with Crippen molar-refractivity contribution >= 4 is 81.4 Å². The number of alkyl halides is 6. The molecule has 1 heterocycles. The molecule has 1 aliphatic heterocycles. The SMILES string of the molecule is CC(/C=C1\C(=O)N(C)C(CC(CO)C(Cl)(Cl)Cl)C(=O)N1C)C(Cl)(Cl)Cl. The fourth-order valence-electron chi connectivity index (χ4n) is 2.33. The molecule has 0 radical (unpaired) electrons. The maximum atomic E-state index is 12.7. The molecule has 3 unspecified atom stereocenters.